The number of carbonyl (C=O) groups is 1. The van der Waals surface area contributed by atoms with Crippen LogP contribution in [-0.4, -0.2) is 12.5 Å². The highest BCUT2D eigenvalue weighted by Gasteiger charge is 2.55. The van der Waals surface area contributed by atoms with Crippen LogP contribution in [0, 0.1) is 11.2 Å². The van der Waals surface area contributed by atoms with E-state index >= 15 is 4.39 Å². The van der Waals surface area contributed by atoms with E-state index in [2.05, 4.69) is 5.32 Å². The Kier molecular flexibility index (Phi) is 3.26. The molecule has 0 aromatic heterocycles. The second-order valence-corrected chi connectivity index (χ2v) is 7.17. The smallest absolute Gasteiger partial charge is 0.229 e. The highest BCUT2D eigenvalue weighted by Crippen LogP contribution is 2.49. The van der Waals surface area contributed by atoms with Crippen molar-refractivity contribution in [1.29, 1.82) is 0 Å². The number of nitrogens with zero attached hydrogens (tertiary/aromatic N) is 1. The molecule has 3 nitrogen and oxygen atoms in total. The average molecular weight is 340 g/mol. The highest BCUT2D eigenvalue weighted by molar-refractivity contribution is 5.89. The summed E-state index contributed by atoms with van der Waals surface area (Å²) < 4.78 is 30.1. The minimum Gasteiger partial charge on any atom is -0.335 e. The summed E-state index contributed by atoms with van der Waals surface area (Å²) in [7, 11) is 0. The zero-order chi connectivity index (χ0) is 17.8. The monoisotopic (exact) mass is 340 g/mol. The molecule has 0 radical (unpaired) electrons. The third-order valence-electron chi connectivity index (χ3n) is 4.97. The molecular formula is C20H18F2N2O. The van der Waals surface area contributed by atoms with Crippen molar-refractivity contribution >= 4 is 17.7 Å². The fourth-order valence-corrected chi connectivity index (χ4v) is 3.64. The van der Waals surface area contributed by atoms with Gasteiger partial charge in [0.05, 0.1) is 11.1 Å². The van der Waals surface area contributed by atoms with E-state index in [1.54, 1.807) is 55.1 Å². The van der Waals surface area contributed by atoms with Gasteiger partial charge in [-0.15, -0.1) is 0 Å². The van der Waals surface area contributed by atoms with Crippen molar-refractivity contribution in [2.24, 2.45) is 5.41 Å². The summed E-state index contributed by atoms with van der Waals surface area (Å²) in [5.74, 6) is -1.23. The molecular weight excluding hydrogens is 322 g/mol. The molecule has 1 N–H and O–H groups in total. The van der Waals surface area contributed by atoms with Crippen LogP contribution in [0.3, 0.4) is 0 Å². The van der Waals surface area contributed by atoms with Crippen molar-refractivity contribution in [2.45, 2.75) is 19.5 Å². The molecule has 2 aromatic rings. The Hall–Kier alpha value is -2.69. The minimum absolute atomic E-state index is 0.197. The number of halogens is 2. The molecule has 2 aliphatic rings. The molecule has 1 saturated heterocycles. The summed E-state index contributed by atoms with van der Waals surface area (Å²) in [6, 6.07) is 13.4. The lowest BCUT2D eigenvalue weighted by Gasteiger charge is -2.54. The van der Waals surface area contributed by atoms with Gasteiger partial charge in [0.25, 0.3) is 0 Å². The maximum Gasteiger partial charge on any atom is 0.229 e. The molecule has 4 rings (SSSR count). The molecule has 2 heterocycles. The first-order chi connectivity index (χ1) is 11.9. The van der Waals surface area contributed by atoms with Crippen molar-refractivity contribution in [2.75, 3.05) is 11.4 Å². The van der Waals surface area contributed by atoms with Gasteiger partial charge >= 0.3 is 0 Å². The highest BCUT2D eigenvalue weighted by atomic mass is 19.1. The quantitative estimate of drug-likeness (QED) is 0.852. The SMILES string of the molecule is CC1(C)CN2c3c(F)cccc3C=C(F)C2(c2ccccc2)NC1=O. The molecule has 0 saturated carbocycles. The zero-order valence-electron chi connectivity index (χ0n) is 14.0. The topological polar surface area (TPSA) is 32.3 Å². The third-order valence-corrected chi connectivity index (χ3v) is 4.97. The van der Waals surface area contributed by atoms with E-state index in [1.807, 2.05) is 6.07 Å². The first-order valence-electron chi connectivity index (χ1n) is 8.18. The zero-order valence-corrected chi connectivity index (χ0v) is 14.0. The second kappa shape index (κ2) is 5.15. The molecule has 1 fully saturated rings. The van der Waals surface area contributed by atoms with E-state index in [0.717, 1.165) is 0 Å². The van der Waals surface area contributed by atoms with Gasteiger partial charge in [-0.05, 0) is 26.0 Å². The summed E-state index contributed by atoms with van der Waals surface area (Å²) in [6.45, 7) is 3.74. The van der Waals surface area contributed by atoms with Crippen molar-refractivity contribution in [1.82, 2.24) is 5.32 Å². The molecule has 128 valence electrons. The van der Waals surface area contributed by atoms with Crippen LogP contribution < -0.4 is 10.2 Å². The molecule has 1 atom stereocenters. The Bertz CT molecular complexity index is 892. The number of nitrogens with one attached hydrogen (secondary N) is 1. The van der Waals surface area contributed by atoms with Crippen LogP contribution in [0.5, 0.6) is 0 Å². The molecule has 2 aromatic carbocycles. The van der Waals surface area contributed by atoms with Crippen LogP contribution in [0.1, 0.15) is 25.0 Å². The van der Waals surface area contributed by atoms with Gasteiger partial charge in [0.2, 0.25) is 5.91 Å². The summed E-state index contributed by atoms with van der Waals surface area (Å²) in [6.07, 6.45) is 1.31. The van der Waals surface area contributed by atoms with Gasteiger partial charge in [0.1, 0.15) is 5.82 Å². The predicted octanol–water partition coefficient (Wildman–Crippen LogP) is 3.97. The molecule has 0 aliphatic carbocycles. The summed E-state index contributed by atoms with van der Waals surface area (Å²) in [5, 5.41) is 2.83. The fraction of sp³-hybridized carbons (Fsp3) is 0.250. The Morgan fingerprint density at radius 3 is 2.48 bits per heavy atom. The van der Waals surface area contributed by atoms with Gasteiger partial charge in [-0.25, -0.2) is 8.78 Å². The van der Waals surface area contributed by atoms with Crippen molar-refractivity contribution in [3.05, 3.63) is 71.3 Å². The lowest BCUT2D eigenvalue weighted by molar-refractivity contribution is -0.133. The van der Waals surface area contributed by atoms with Crippen LogP contribution >= 0.6 is 0 Å². The Morgan fingerprint density at radius 2 is 1.76 bits per heavy atom. The van der Waals surface area contributed by atoms with Crippen LogP contribution in [0.4, 0.5) is 14.5 Å². The van der Waals surface area contributed by atoms with E-state index < -0.39 is 22.7 Å². The molecule has 1 unspecified atom stereocenters. The number of amides is 1. The van der Waals surface area contributed by atoms with Crippen molar-refractivity contribution in [3.8, 4) is 0 Å². The molecule has 1 amide bonds. The summed E-state index contributed by atoms with van der Waals surface area (Å²) in [4.78, 5) is 14.3. The van der Waals surface area contributed by atoms with Gasteiger partial charge in [-0.3, -0.25) is 4.79 Å². The Labute approximate surface area is 145 Å². The van der Waals surface area contributed by atoms with E-state index in [9.17, 15) is 9.18 Å². The largest absolute Gasteiger partial charge is 0.335 e. The second-order valence-electron chi connectivity index (χ2n) is 7.17. The fourth-order valence-electron chi connectivity index (χ4n) is 3.64. The number of benzene rings is 2. The Morgan fingerprint density at radius 1 is 1.04 bits per heavy atom. The standard InChI is InChI=1S/C20H18F2N2O/c1-19(2)12-24-17-13(7-6-10-15(17)21)11-16(22)20(24,23-18(19)25)14-8-4-3-5-9-14/h3-11H,12H2,1-2H3,(H,23,25). The van der Waals surface area contributed by atoms with Crippen LogP contribution in [0.15, 0.2) is 54.4 Å². The van der Waals surface area contributed by atoms with E-state index in [4.69, 9.17) is 0 Å². The average Bonchev–Trinajstić information content (AvgIpc) is 2.57. The third kappa shape index (κ3) is 2.11. The minimum atomic E-state index is -1.52. The van der Waals surface area contributed by atoms with Gasteiger partial charge < -0.3 is 10.2 Å². The number of hydrogen-bond donors (Lipinski definition) is 1. The normalized spacial score (nSPS) is 24.1. The van der Waals surface area contributed by atoms with Crippen LogP contribution in [0.2, 0.25) is 0 Å². The first-order valence-corrected chi connectivity index (χ1v) is 8.18. The molecule has 0 bridgehead atoms. The van der Waals surface area contributed by atoms with E-state index in [0.29, 0.717) is 16.8 Å². The lowest BCUT2D eigenvalue weighted by Crippen LogP contribution is -2.69. The van der Waals surface area contributed by atoms with Gasteiger partial charge in [-0.1, -0.05) is 42.5 Å². The number of anilines is 1. The number of para-hydroxylation sites is 1. The summed E-state index contributed by atoms with van der Waals surface area (Å²) >= 11 is 0. The van der Waals surface area contributed by atoms with Gasteiger partial charge in [0.15, 0.2) is 11.5 Å². The van der Waals surface area contributed by atoms with Crippen molar-refractivity contribution < 1.29 is 13.6 Å². The number of carbonyl (C=O) groups excluding carboxylic acids is 1. The van der Waals surface area contributed by atoms with E-state index in [1.165, 1.54) is 12.1 Å². The molecule has 25 heavy (non-hydrogen) atoms. The number of hydrogen-bond acceptors (Lipinski definition) is 2. The van der Waals surface area contributed by atoms with Gasteiger partial charge in [0, 0.05) is 17.7 Å². The maximum absolute atomic E-state index is 15.4. The maximum atomic E-state index is 15.4. The molecule has 0 spiro atoms. The summed E-state index contributed by atoms with van der Waals surface area (Å²) in [5.41, 5.74) is -0.975. The number of rotatable bonds is 1. The molecule has 5 heteroatoms. The van der Waals surface area contributed by atoms with Gasteiger partial charge in [-0.2, -0.15) is 0 Å². The number of fused-ring (bicyclic) bond motifs is 3. The van der Waals surface area contributed by atoms with Crippen LogP contribution in [-0.2, 0) is 10.5 Å². The first kappa shape index (κ1) is 15.8. The lowest BCUT2D eigenvalue weighted by atomic mass is 9.80. The Balaban J connectivity index is 2.03. The van der Waals surface area contributed by atoms with Crippen molar-refractivity contribution in [3.63, 3.8) is 0 Å². The molecule has 2 aliphatic heterocycles. The van der Waals surface area contributed by atoms with E-state index in [-0.39, 0.29) is 12.5 Å². The van der Waals surface area contributed by atoms with Crippen LogP contribution in [0.25, 0.3) is 6.08 Å². The predicted molar refractivity (Wildman–Crippen MR) is 92.9 cm³/mol.